The van der Waals surface area contributed by atoms with Crippen LogP contribution in [0.3, 0.4) is 0 Å². The van der Waals surface area contributed by atoms with Gasteiger partial charge in [0.2, 0.25) is 11.0 Å². The van der Waals surface area contributed by atoms with E-state index in [9.17, 15) is 4.79 Å². The van der Waals surface area contributed by atoms with Crippen molar-refractivity contribution in [1.29, 1.82) is 0 Å². The van der Waals surface area contributed by atoms with E-state index in [4.69, 9.17) is 0 Å². The average Bonchev–Trinajstić information content (AvgIpc) is 2.99. The second kappa shape index (κ2) is 7.50. The van der Waals surface area contributed by atoms with E-state index in [0.717, 1.165) is 21.8 Å². The predicted octanol–water partition coefficient (Wildman–Crippen LogP) is 3.34. The first-order chi connectivity index (χ1) is 11.6. The standard InChI is InChI=1S/C16H15N5OS2/c1-10-5-3-4-6-12(10)13-7-8-15(20-19-13)23-9-14(22)17-16-21-18-11(2)24-16/h3-8H,9H2,1-2H3,(H,17,21,22). The monoisotopic (exact) mass is 357 g/mol. The molecule has 0 spiro atoms. The molecular formula is C16H15N5OS2. The highest BCUT2D eigenvalue weighted by Crippen LogP contribution is 2.22. The molecule has 2 aromatic heterocycles. The third kappa shape index (κ3) is 4.15. The fraction of sp³-hybridized carbons (Fsp3) is 0.188. The van der Waals surface area contributed by atoms with Crippen molar-refractivity contribution in [1.82, 2.24) is 20.4 Å². The lowest BCUT2D eigenvalue weighted by Crippen LogP contribution is -2.14. The molecule has 6 nitrogen and oxygen atoms in total. The summed E-state index contributed by atoms with van der Waals surface area (Å²) in [6, 6.07) is 11.8. The zero-order chi connectivity index (χ0) is 16.9. The van der Waals surface area contributed by atoms with Crippen molar-refractivity contribution >= 4 is 34.1 Å². The number of carbonyl (C=O) groups is 1. The summed E-state index contributed by atoms with van der Waals surface area (Å²) in [6.45, 7) is 3.88. The van der Waals surface area contributed by atoms with Crippen molar-refractivity contribution in [2.75, 3.05) is 11.1 Å². The first kappa shape index (κ1) is 16.5. The van der Waals surface area contributed by atoms with E-state index >= 15 is 0 Å². The van der Waals surface area contributed by atoms with Crippen LogP contribution >= 0.6 is 23.1 Å². The van der Waals surface area contributed by atoms with E-state index in [0.29, 0.717) is 10.2 Å². The number of anilines is 1. The van der Waals surface area contributed by atoms with Crippen molar-refractivity contribution in [3.05, 3.63) is 47.0 Å². The molecule has 1 aromatic carbocycles. The highest BCUT2D eigenvalue weighted by Gasteiger charge is 2.09. The summed E-state index contributed by atoms with van der Waals surface area (Å²) in [7, 11) is 0. The second-order valence-electron chi connectivity index (χ2n) is 5.03. The van der Waals surface area contributed by atoms with E-state index in [2.05, 4.69) is 25.7 Å². The molecule has 0 atom stereocenters. The Labute approximate surface area is 147 Å². The van der Waals surface area contributed by atoms with Crippen molar-refractivity contribution in [3.8, 4) is 11.3 Å². The maximum Gasteiger partial charge on any atom is 0.236 e. The fourth-order valence-corrected chi connectivity index (χ4v) is 3.26. The van der Waals surface area contributed by atoms with Crippen LogP contribution in [0.15, 0.2) is 41.4 Å². The predicted molar refractivity (Wildman–Crippen MR) is 96.2 cm³/mol. The van der Waals surface area contributed by atoms with Gasteiger partial charge in [-0.05, 0) is 31.5 Å². The largest absolute Gasteiger partial charge is 0.300 e. The summed E-state index contributed by atoms with van der Waals surface area (Å²) in [5, 5.41) is 20.9. The van der Waals surface area contributed by atoms with Gasteiger partial charge in [0.25, 0.3) is 0 Å². The normalized spacial score (nSPS) is 10.6. The number of hydrogen-bond acceptors (Lipinski definition) is 7. The molecule has 1 N–H and O–H groups in total. The Kier molecular flexibility index (Phi) is 5.17. The maximum absolute atomic E-state index is 11.9. The first-order valence-electron chi connectivity index (χ1n) is 7.24. The van der Waals surface area contributed by atoms with E-state index in [1.807, 2.05) is 50.2 Å². The molecule has 0 bridgehead atoms. The van der Waals surface area contributed by atoms with Crippen LogP contribution in [0, 0.1) is 13.8 Å². The Morgan fingerprint density at radius 1 is 1.08 bits per heavy atom. The summed E-state index contributed by atoms with van der Waals surface area (Å²) < 4.78 is 0. The van der Waals surface area contributed by atoms with E-state index < -0.39 is 0 Å². The van der Waals surface area contributed by atoms with Crippen molar-refractivity contribution in [2.24, 2.45) is 0 Å². The molecule has 0 radical (unpaired) electrons. The van der Waals surface area contributed by atoms with Gasteiger partial charge in [-0.3, -0.25) is 10.1 Å². The van der Waals surface area contributed by atoms with Gasteiger partial charge in [0.1, 0.15) is 10.0 Å². The van der Waals surface area contributed by atoms with Crippen molar-refractivity contribution in [3.63, 3.8) is 0 Å². The molecule has 3 rings (SSSR count). The van der Waals surface area contributed by atoms with Crippen LogP contribution in [0.1, 0.15) is 10.6 Å². The molecule has 0 aliphatic rings. The topological polar surface area (TPSA) is 80.7 Å². The van der Waals surface area contributed by atoms with Gasteiger partial charge >= 0.3 is 0 Å². The molecule has 0 aliphatic heterocycles. The minimum Gasteiger partial charge on any atom is -0.300 e. The second-order valence-corrected chi connectivity index (χ2v) is 7.21. The molecular weight excluding hydrogens is 342 g/mol. The Morgan fingerprint density at radius 2 is 1.92 bits per heavy atom. The van der Waals surface area contributed by atoms with Gasteiger partial charge in [0.05, 0.1) is 11.4 Å². The van der Waals surface area contributed by atoms with Crippen LogP contribution in [0.5, 0.6) is 0 Å². The number of rotatable bonds is 5. The van der Waals surface area contributed by atoms with Crippen molar-refractivity contribution in [2.45, 2.75) is 18.9 Å². The zero-order valence-corrected chi connectivity index (χ0v) is 14.8. The minimum absolute atomic E-state index is 0.138. The molecule has 0 fully saturated rings. The molecule has 3 aromatic rings. The van der Waals surface area contributed by atoms with E-state index in [1.54, 1.807) is 0 Å². The minimum atomic E-state index is -0.138. The summed E-state index contributed by atoms with van der Waals surface area (Å²) in [5.74, 6) is 0.109. The first-order valence-corrected chi connectivity index (χ1v) is 9.04. The average molecular weight is 357 g/mol. The molecule has 0 saturated heterocycles. The highest BCUT2D eigenvalue weighted by molar-refractivity contribution is 7.99. The van der Waals surface area contributed by atoms with Crippen LogP contribution < -0.4 is 5.32 Å². The summed E-state index contributed by atoms with van der Waals surface area (Å²) >= 11 is 2.68. The number of aromatic nitrogens is 4. The van der Waals surface area contributed by atoms with E-state index in [1.165, 1.54) is 23.1 Å². The molecule has 2 heterocycles. The lowest BCUT2D eigenvalue weighted by molar-refractivity contribution is -0.113. The lowest BCUT2D eigenvalue weighted by Gasteiger charge is -2.05. The lowest BCUT2D eigenvalue weighted by atomic mass is 10.1. The Morgan fingerprint density at radius 3 is 2.58 bits per heavy atom. The Balaban J connectivity index is 1.58. The van der Waals surface area contributed by atoms with Gasteiger partial charge in [-0.1, -0.05) is 47.4 Å². The fourth-order valence-electron chi connectivity index (χ4n) is 2.04. The third-order valence-corrected chi connectivity index (χ3v) is 4.86. The van der Waals surface area contributed by atoms with Gasteiger partial charge in [-0.15, -0.1) is 20.4 Å². The Bertz CT molecular complexity index is 848. The zero-order valence-electron chi connectivity index (χ0n) is 13.2. The number of carbonyl (C=O) groups excluding carboxylic acids is 1. The number of benzene rings is 1. The molecule has 1 amide bonds. The van der Waals surface area contributed by atoms with Gasteiger partial charge in [0.15, 0.2) is 0 Å². The number of hydrogen-bond donors (Lipinski definition) is 1. The maximum atomic E-state index is 11.9. The van der Waals surface area contributed by atoms with E-state index in [-0.39, 0.29) is 11.7 Å². The van der Waals surface area contributed by atoms with Crippen LogP contribution in [0.25, 0.3) is 11.3 Å². The number of amides is 1. The summed E-state index contributed by atoms with van der Waals surface area (Å²) in [6.07, 6.45) is 0. The molecule has 24 heavy (non-hydrogen) atoms. The molecule has 0 aliphatic carbocycles. The molecule has 8 heteroatoms. The molecule has 122 valence electrons. The number of aryl methyl sites for hydroxylation is 2. The number of nitrogens with one attached hydrogen (secondary N) is 1. The van der Waals surface area contributed by atoms with Gasteiger partial charge in [0, 0.05) is 5.56 Å². The van der Waals surface area contributed by atoms with Crippen LogP contribution in [0.4, 0.5) is 5.13 Å². The van der Waals surface area contributed by atoms with Gasteiger partial charge in [-0.25, -0.2) is 0 Å². The van der Waals surface area contributed by atoms with Crippen LogP contribution in [-0.2, 0) is 4.79 Å². The number of thioether (sulfide) groups is 1. The quantitative estimate of drug-likeness (QED) is 0.705. The van der Waals surface area contributed by atoms with Gasteiger partial charge < -0.3 is 0 Å². The van der Waals surface area contributed by atoms with Crippen molar-refractivity contribution < 1.29 is 4.79 Å². The molecule has 0 unspecified atom stereocenters. The Hall–Kier alpha value is -2.32. The SMILES string of the molecule is Cc1nnc(NC(=O)CSc2ccc(-c3ccccc3C)nn2)s1. The smallest absolute Gasteiger partial charge is 0.236 e. The summed E-state index contributed by atoms with van der Waals surface area (Å²) in [5.41, 5.74) is 3.04. The highest BCUT2D eigenvalue weighted by atomic mass is 32.2. The van der Waals surface area contributed by atoms with Crippen LogP contribution in [0.2, 0.25) is 0 Å². The third-order valence-electron chi connectivity index (χ3n) is 3.18. The molecule has 0 saturated carbocycles. The summed E-state index contributed by atoms with van der Waals surface area (Å²) in [4.78, 5) is 11.9. The number of nitrogens with zero attached hydrogens (tertiary/aromatic N) is 4. The van der Waals surface area contributed by atoms with Crippen LogP contribution in [-0.4, -0.2) is 32.1 Å². The van der Waals surface area contributed by atoms with Gasteiger partial charge in [-0.2, -0.15) is 0 Å².